The van der Waals surface area contributed by atoms with Gasteiger partial charge >= 0.3 is 11.9 Å². The molecule has 0 atom stereocenters. The van der Waals surface area contributed by atoms with Crippen molar-refractivity contribution < 1.29 is 38.1 Å². The highest BCUT2D eigenvalue weighted by Crippen LogP contribution is 2.21. The average Bonchev–Trinajstić information content (AvgIpc) is 2.97. The van der Waals surface area contributed by atoms with Crippen LogP contribution >= 0.6 is 0 Å². The van der Waals surface area contributed by atoms with E-state index in [1.165, 1.54) is 27.9 Å². The van der Waals surface area contributed by atoms with E-state index in [4.69, 9.17) is 18.9 Å². The topological polar surface area (TPSA) is 105 Å². The quantitative estimate of drug-likeness (QED) is 0.142. The first-order chi connectivity index (χ1) is 19.6. The maximum absolute atomic E-state index is 12.1. The van der Waals surface area contributed by atoms with Gasteiger partial charge in [-0.3, -0.25) is 4.79 Å². The SMILES string of the molecule is CC(C)=O.COc1cccc(OC(=O)c2ccccc2)c1.COc1cccc(OC(=O)c2ccccc2C(C)=O)c1. The summed E-state index contributed by atoms with van der Waals surface area (Å²) in [7, 11) is 3.10. The van der Waals surface area contributed by atoms with Gasteiger partial charge in [0.2, 0.25) is 0 Å². The van der Waals surface area contributed by atoms with Gasteiger partial charge in [0.1, 0.15) is 28.8 Å². The predicted octanol–water partition coefficient (Wildman–Crippen LogP) is 6.63. The first kappa shape index (κ1) is 32.0. The third-order valence-electron chi connectivity index (χ3n) is 5.04. The summed E-state index contributed by atoms with van der Waals surface area (Å²) in [6, 6.07) is 29.1. The van der Waals surface area contributed by atoms with E-state index in [2.05, 4.69) is 0 Å². The van der Waals surface area contributed by atoms with Crippen molar-refractivity contribution in [2.45, 2.75) is 20.8 Å². The van der Waals surface area contributed by atoms with Gasteiger partial charge in [-0.15, -0.1) is 0 Å². The van der Waals surface area contributed by atoms with E-state index in [0.717, 1.165) is 0 Å². The summed E-state index contributed by atoms with van der Waals surface area (Å²) >= 11 is 0. The van der Waals surface area contributed by atoms with Crippen LogP contribution in [0.1, 0.15) is 51.8 Å². The summed E-state index contributed by atoms with van der Waals surface area (Å²) in [5.74, 6) is 1.13. The fourth-order valence-electron chi connectivity index (χ4n) is 3.20. The molecule has 4 aromatic carbocycles. The zero-order valence-corrected chi connectivity index (χ0v) is 23.6. The highest BCUT2D eigenvalue weighted by Gasteiger charge is 2.16. The lowest BCUT2D eigenvalue weighted by Gasteiger charge is -2.08. The number of Topliss-reactive ketones (excluding diaryl/α,β-unsaturated/α-hetero) is 2. The van der Waals surface area contributed by atoms with E-state index in [-0.39, 0.29) is 23.1 Å². The lowest BCUT2D eigenvalue weighted by atomic mass is 10.0. The molecule has 0 aliphatic heterocycles. The Bertz CT molecular complexity index is 1460. The van der Waals surface area contributed by atoms with Crippen LogP contribution in [0.2, 0.25) is 0 Å². The highest BCUT2D eigenvalue weighted by molar-refractivity contribution is 6.05. The van der Waals surface area contributed by atoms with Crippen molar-refractivity contribution in [3.63, 3.8) is 0 Å². The van der Waals surface area contributed by atoms with Crippen molar-refractivity contribution in [3.05, 3.63) is 120 Å². The van der Waals surface area contributed by atoms with Crippen LogP contribution in [0.15, 0.2) is 103 Å². The summed E-state index contributed by atoms with van der Waals surface area (Å²) in [4.78, 5) is 44.8. The van der Waals surface area contributed by atoms with Crippen LogP contribution in [0.3, 0.4) is 0 Å². The summed E-state index contributed by atoms with van der Waals surface area (Å²) in [5, 5.41) is 0. The van der Waals surface area contributed by atoms with E-state index < -0.39 is 5.97 Å². The van der Waals surface area contributed by atoms with Crippen LogP contribution in [0.25, 0.3) is 0 Å². The van der Waals surface area contributed by atoms with Crippen LogP contribution < -0.4 is 18.9 Å². The second kappa shape index (κ2) is 16.7. The Balaban J connectivity index is 0.000000256. The molecule has 0 heterocycles. The molecule has 0 amide bonds. The number of ketones is 2. The standard InChI is InChI=1S/C16H14O4.C14H12O3.C3H6O/c1-11(17)14-8-3-4-9-15(14)16(18)20-13-7-5-6-12(10-13)19-2;1-16-12-8-5-9-13(10-12)17-14(15)11-6-3-2-4-7-11;1-3(2)4/h3-10H,1-2H3;2-10H,1H3;1-2H3. The maximum Gasteiger partial charge on any atom is 0.344 e. The molecule has 4 aromatic rings. The van der Waals surface area contributed by atoms with E-state index in [0.29, 0.717) is 34.1 Å². The summed E-state index contributed by atoms with van der Waals surface area (Å²) in [6.07, 6.45) is 0. The molecule has 0 aliphatic carbocycles. The Morgan fingerprint density at radius 2 is 0.902 bits per heavy atom. The fourth-order valence-corrected chi connectivity index (χ4v) is 3.20. The van der Waals surface area contributed by atoms with Crippen LogP contribution in [0, 0.1) is 0 Å². The number of carbonyl (C=O) groups excluding carboxylic acids is 4. The number of hydrogen-bond donors (Lipinski definition) is 0. The van der Waals surface area contributed by atoms with Crippen molar-refractivity contribution in [1.29, 1.82) is 0 Å². The van der Waals surface area contributed by atoms with Crippen molar-refractivity contribution in [3.8, 4) is 23.0 Å². The Hall–Kier alpha value is -5.24. The summed E-state index contributed by atoms with van der Waals surface area (Å²) in [5.41, 5.74) is 1.12. The van der Waals surface area contributed by atoms with E-state index in [1.54, 1.807) is 104 Å². The number of esters is 2. The third-order valence-corrected chi connectivity index (χ3v) is 5.04. The second-order valence-corrected chi connectivity index (χ2v) is 8.51. The van der Waals surface area contributed by atoms with Gasteiger partial charge in [0.25, 0.3) is 0 Å². The van der Waals surface area contributed by atoms with Gasteiger partial charge in [0.15, 0.2) is 5.78 Å². The number of carbonyl (C=O) groups is 4. The van der Waals surface area contributed by atoms with Gasteiger partial charge < -0.3 is 23.7 Å². The van der Waals surface area contributed by atoms with E-state index in [9.17, 15) is 19.2 Å². The first-order valence-corrected chi connectivity index (χ1v) is 12.5. The van der Waals surface area contributed by atoms with Crippen molar-refractivity contribution in [2.24, 2.45) is 0 Å². The third kappa shape index (κ3) is 11.2. The Morgan fingerprint density at radius 1 is 0.488 bits per heavy atom. The Morgan fingerprint density at radius 3 is 1.37 bits per heavy atom. The first-order valence-electron chi connectivity index (χ1n) is 12.5. The number of ether oxygens (including phenoxy) is 4. The molecule has 0 saturated carbocycles. The largest absolute Gasteiger partial charge is 0.497 e. The molecule has 4 rings (SSSR count). The zero-order chi connectivity index (χ0) is 30.2. The molecule has 0 radical (unpaired) electrons. The highest BCUT2D eigenvalue weighted by atomic mass is 16.5. The van der Waals surface area contributed by atoms with Gasteiger partial charge in [-0.25, -0.2) is 9.59 Å². The Kier molecular flexibility index (Phi) is 13.0. The lowest BCUT2D eigenvalue weighted by Crippen LogP contribution is -2.13. The molecule has 0 bridgehead atoms. The molecule has 0 aliphatic rings. The number of hydrogen-bond acceptors (Lipinski definition) is 8. The monoisotopic (exact) mass is 556 g/mol. The number of benzene rings is 4. The van der Waals surface area contributed by atoms with E-state index >= 15 is 0 Å². The minimum Gasteiger partial charge on any atom is -0.497 e. The van der Waals surface area contributed by atoms with Gasteiger partial charge in [-0.05, 0) is 63.2 Å². The molecule has 0 spiro atoms. The maximum atomic E-state index is 12.1. The lowest BCUT2D eigenvalue weighted by molar-refractivity contribution is -0.115. The molecule has 0 fully saturated rings. The second-order valence-electron chi connectivity index (χ2n) is 8.51. The smallest absolute Gasteiger partial charge is 0.344 e. The predicted molar refractivity (Wildman–Crippen MR) is 155 cm³/mol. The molecule has 41 heavy (non-hydrogen) atoms. The minimum atomic E-state index is -0.566. The van der Waals surface area contributed by atoms with Crippen molar-refractivity contribution >= 4 is 23.5 Å². The molecular weight excluding hydrogens is 524 g/mol. The minimum absolute atomic E-state index is 0.167. The van der Waals surface area contributed by atoms with Crippen molar-refractivity contribution in [2.75, 3.05) is 14.2 Å². The summed E-state index contributed by atoms with van der Waals surface area (Å²) in [6.45, 7) is 4.47. The normalized spacial score (nSPS) is 9.49. The molecule has 8 nitrogen and oxygen atoms in total. The van der Waals surface area contributed by atoms with Gasteiger partial charge in [0, 0.05) is 17.7 Å². The van der Waals surface area contributed by atoms with Crippen LogP contribution in [-0.2, 0) is 4.79 Å². The van der Waals surface area contributed by atoms with Crippen LogP contribution in [0.4, 0.5) is 0 Å². The zero-order valence-electron chi connectivity index (χ0n) is 23.6. The molecular formula is C33H32O8. The molecule has 0 N–H and O–H groups in total. The van der Waals surface area contributed by atoms with Crippen LogP contribution in [0.5, 0.6) is 23.0 Å². The molecule has 0 saturated heterocycles. The van der Waals surface area contributed by atoms with E-state index in [1.807, 2.05) is 6.07 Å². The summed E-state index contributed by atoms with van der Waals surface area (Å²) < 4.78 is 20.6. The average molecular weight is 557 g/mol. The Labute approximate surface area is 239 Å². The number of rotatable bonds is 7. The van der Waals surface area contributed by atoms with Gasteiger partial charge in [-0.1, -0.05) is 48.5 Å². The molecule has 0 aromatic heterocycles. The molecule has 212 valence electrons. The molecule has 8 heteroatoms. The number of methoxy groups -OCH3 is 2. The molecule has 0 unspecified atom stereocenters. The fraction of sp³-hybridized carbons (Fsp3) is 0.152. The van der Waals surface area contributed by atoms with Crippen molar-refractivity contribution in [1.82, 2.24) is 0 Å². The van der Waals surface area contributed by atoms with Gasteiger partial charge in [-0.2, -0.15) is 0 Å². The van der Waals surface area contributed by atoms with Gasteiger partial charge in [0.05, 0.1) is 25.3 Å². The van der Waals surface area contributed by atoms with Crippen LogP contribution in [-0.4, -0.2) is 37.7 Å².